The lowest BCUT2D eigenvalue weighted by Gasteiger charge is -2.30. The summed E-state index contributed by atoms with van der Waals surface area (Å²) >= 11 is 0. The Morgan fingerprint density at radius 1 is 0.967 bits per heavy atom. The highest BCUT2D eigenvalue weighted by Gasteiger charge is 2.41. The summed E-state index contributed by atoms with van der Waals surface area (Å²) in [5, 5.41) is 14.4. The zero-order valence-electron chi connectivity index (χ0n) is 17.8. The van der Waals surface area contributed by atoms with Crippen LogP contribution >= 0.6 is 0 Å². The summed E-state index contributed by atoms with van der Waals surface area (Å²) in [6.07, 6.45) is 6.13. The summed E-state index contributed by atoms with van der Waals surface area (Å²) in [5.74, 6) is 2.68. The van der Waals surface area contributed by atoms with E-state index in [9.17, 15) is 5.11 Å². The van der Waals surface area contributed by atoms with Gasteiger partial charge in [0.25, 0.3) is 0 Å². The van der Waals surface area contributed by atoms with Gasteiger partial charge in [0, 0.05) is 37.8 Å². The topological polar surface area (TPSA) is 44.7 Å². The van der Waals surface area contributed by atoms with Crippen molar-refractivity contribution < 1.29 is 9.84 Å². The van der Waals surface area contributed by atoms with E-state index in [2.05, 4.69) is 46.6 Å². The smallest absolute Gasteiger partial charge is 0.123 e. The molecule has 4 heteroatoms. The molecule has 0 unspecified atom stereocenters. The van der Waals surface area contributed by atoms with E-state index in [1.807, 2.05) is 12.1 Å². The monoisotopic (exact) mass is 406 g/mol. The van der Waals surface area contributed by atoms with E-state index in [0.29, 0.717) is 19.2 Å². The van der Waals surface area contributed by atoms with E-state index in [1.54, 1.807) is 0 Å². The van der Waals surface area contributed by atoms with Crippen molar-refractivity contribution in [2.24, 2.45) is 11.8 Å². The lowest BCUT2D eigenvalue weighted by molar-refractivity contribution is 0.0634. The Bertz CT molecular complexity index is 834. The summed E-state index contributed by atoms with van der Waals surface area (Å²) in [5.41, 5.74) is 4.02. The first-order chi connectivity index (χ1) is 14.8. The van der Waals surface area contributed by atoms with Crippen molar-refractivity contribution in [3.63, 3.8) is 0 Å². The zero-order valence-corrected chi connectivity index (χ0v) is 17.8. The van der Waals surface area contributed by atoms with Crippen molar-refractivity contribution in [2.75, 3.05) is 19.7 Å². The second-order valence-electron chi connectivity index (χ2n) is 9.41. The molecule has 0 bridgehead atoms. The maximum absolute atomic E-state index is 10.6. The fourth-order valence-electron chi connectivity index (χ4n) is 4.89. The molecule has 1 atom stereocenters. The molecule has 2 fully saturated rings. The van der Waals surface area contributed by atoms with Crippen LogP contribution in [0.2, 0.25) is 0 Å². The van der Waals surface area contributed by atoms with Crippen LogP contribution in [0.4, 0.5) is 0 Å². The lowest BCUT2D eigenvalue weighted by atomic mass is 10.00. The highest BCUT2D eigenvalue weighted by Crippen LogP contribution is 2.44. The van der Waals surface area contributed by atoms with Crippen LogP contribution in [0.1, 0.15) is 42.4 Å². The number of benzene rings is 2. The highest BCUT2D eigenvalue weighted by atomic mass is 16.5. The number of nitrogens with one attached hydrogen (secondary N) is 1. The van der Waals surface area contributed by atoms with Crippen LogP contribution in [0.25, 0.3) is 0 Å². The average molecular weight is 407 g/mol. The molecule has 3 aliphatic rings. The number of ether oxygens (including phenoxy) is 1. The molecule has 5 rings (SSSR count). The Hall–Kier alpha value is -1.88. The van der Waals surface area contributed by atoms with Gasteiger partial charge in [-0.3, -0.25) is 4.90 Å². The summed E-state index contributed by atoms with van der Waals surface area (Å²) in [6.45, 7) is 3.76. The maximum Gasteiger partial charge on any atom is 0.123 e. The Balaban J connectivity index is 1.12. The van der Waals surface area contributed by atoms with E-state index >= 15 is 0 Å². The summed E-state index contributed by atoms with van der Waals surface area (Å²) in [6, 6.07) is 17.6. The van der Waals surface area contributed by atoms with Crippen LogP contribution in [0, 0.1) is 11.8 Å². The largest absolute Gasteiger partial charge is 0.491 e. The summed E-state index contributed by atoms with van der Waals surface area (Å²) in [7, 11) is 0. The quantitative estimate of drug-likeness (QED) is 0.631. The first-order valence-electron chi connectivity index (χ1n) is 11.7. The Labute approximate surface area is 180 Å². The molecule has 2 aliphatic carbocycles. The molecule has 30 heavy (non-hydrogen) atoms. The molecule has 2 N–H and O–H groups in total. The van der Waals surface area contributed by atoms with E-state index < -0.39 is 6.10 Å². The first-order valence-corrected chi connectivity index (χ1v) is 11.7. The number of β-amino-alcohol motifs (C(OH)–C–C–N with tert-alkyl or cyclic N) is 1. The van der Waals surface area contributed by atoms with Gasteiger partial charge in [0.2, 0.25) is 0 Å². The van der Waals surface area contributed by atoms with Gasteiger partial charge in [-0.2, -0.15) is 0 Å². The number of hydrogen-bond acceptors (Lipinski definition) is 4. The molecule has 2 aromatic rings. The molecule has 0 radical (unpaired) electrons. The van der Waals surface area contributed by atoms with Crippen LogP contribution in [0.5, 0.6) is 5.75 Å². The molecular weight excluding hydrogens is 372 g/mol. The van der Waals surface area contributed by atoms with Gasteiger partial charge in [0.15, 0.2) is 0 Å². The number of hydrogen-bond donors (Lipinski definition) is 2. The number of aliphatic hydroxyl groups is 1. The summed E-state index contributed by atoms with van der Waals surface area (Å²) in [4.78, 5) is 2.33. The van der Waals surface area contributed by atoms with Crippen LogP contribution in [-0.2, 0) is 19.5 Å². The van der Waals surface area contributed by atoms with Gasteiger partial charge in [0.05, 0.1) is 0 Å². The molecular formula is C26H34N2O2. The van der Waals surface area contributed by atoms with Gasteiger partial charge in [-0.1, -0.05) is 42.5 Å². The highest BCUT2D eigenvalue weighted by molar-refractivity contribution is 5.33. The van der Waals surface area contributed by atoms with Crippen molar-refractivity contribution in [1.82, 2.24) is 10.2 Å². The van der Waals surface area contributed by atoms with Crippen molar-refractivity contribution in [3.8, 4) is 5.75 Å². The third kappa shape index (κ3) is 5.05. The molecule has 160 valence electrons. The van der Waals surface area contributed by atoms with Crippen molar-refractivity contribution in [2.45, 2.75) is 57.3 Å². The lowest BCUT2D eigenvalue weighted by Crippen LogP contribution is -2.38. The van der Waals surface area contributed by atoms with Gasteiger partial charge >= 0.3 is 0 Å². The maximum atomic E-state index is 10.6. The van der Waals surface area contributed by atoms with E-state index in [0.717, 1.165) is 43.6 Å². The zero-order chi connectivity index (χ0) is 20.3. The van der Waals surface area contributed by atoms with Gasteiger partial charge < -0.3 is 15.2 Å². The van der Waals surface area contributed by atoms with Gasteiger partial charge in [-0.25, -0.2) is 0 Å². The van der Waals surface area contributed by atoms with E-state index in [-0.39, 0.29) is 0 Å². The molecule has 0 spiro atoms. The van der Waals surface area contributed by atoms with Crippen molar-refractivity contribution >= 4 is 0 Å². The Morgan fingerprint density at radius 3 is 2.43 bits per heavy atom. The van der Waals surface area contributed by atoms with Gasteiger partial charge in [0.1, 0.15) is 18.5 Å². The fraction of sp³-hybridized carbons (Fsp3) is 0.538. The van der Waals surface area contributed by atoms with Crippen LogP contribution in [-0.4, -0.2) is 41.8 Å². The SMILES string of the molecule is O[C@H](COc1ccccc1CNC(C1CC1)C1CC1)CN1CCc2ccccc2C1. The number of fused-ring (bicyclic) bond motifs is 1. The van der Waals surface area contributed by atoms with Crippen molar-refractivity contribution in [3.05, 3.63) is 65.2 Å². The minimum atomic E-state index is -0.484. The van der Waals surface area contributed by atoms with Crippen LogP contribution < -0.4 is 10.1 Å². The number of rotatable bonds is 10. The van der Waals surface area contributed by atoms with Crippen LogP contribution in [0.15, 0.2) is 48.5 Å². The minimum absolute atomic E-state index is 0.337. The normalized spacial score (nSPS) is 20.2. The predicted molar refractivity (Wildman–Crippen MR) is 119 cm³/mol. The molecule has 0 amide bonds. The second kappa shape index (κ2) is 9.09. The van der Waals surface area contributed by atoms with Gasteiger partial charge in [-0.05, 0) is 61.1 Å². The summed E-state index contributed by atoms with van der Waals surface area (Å²) < 4.78 is 6.08. The average Bonchev–Trinajstić information content (AvgIpc) is 3.68. The predicted octanol–water partition coefficient (Wildman–Crippen LogP) is 3.76. The molecule has 2 aromatic carbocycles. The first kappa shape index (κ1) is 20.0. The van der Waals surface area contributed by atoms with E-state index in [1.165, 1.54) is 42.4 Å². The number of para-hydroxylation sites is 1. The standard InChI is InChI=1S/C26H34N2O2/c29-24(17-28-14-13-19-5-1-2-7-23(19)16-28)18-30-25-8-4-3-6-22(25)15-27-26(20-9-10-20)21-11-12-21/h1-8,20-21,24,26-27,29H,9-18H2/t24-/m0/s1. The molecule has 1 heterocycles. The molecule has 0 saturated heterocycles. The molecule has 0 aromatic heterocycles. The fourth-order valence-corrected chi connectivity index (χ4v) is 4.89. The molecule has 1 aliphatic heterocycles. The molecule has 2 saturated carbocycles. The van der Waals surface area contributed by atoms with Crippen LogP contribution in [0.3, 0.4) is 0 Å². The Kier molecular flexibility index (Phi) is 6.07. The Morgan fingerprint density at radius 2 is 1.67 bits per heavy atom. The van der Waals surface area contributed by atoms with Crippen molar-refractivity contribution in [1.29, 1.82) is 0 Å². The third-order valence-corrected chi connectivity index (χ3v) is 6.87. The number of nitrogens with zero attached hydrogens (tertiary/aromatic N) is 1. The number of aliphatic hydroxyl groups excluding tert-OH is 1. The second-order valence-corrected chi connectivity index (χ2v) is 9.41. The minimum Gasteiger partial charge on any atom is -0.491 e. The van der Waals surface area contributed by atoms with E-state index in [4.69, 9.17) is 4.74 Å². The van der Waals surface area contributed by atoms with Gasteiger partial charge in [-0.15, -0.1) is 0 Å². The third-order valence-electron chi connectivity index (χ3n) is 6.87. The molecule has 4 nitrogen and oxygen atoms in total.